The molecule has 3 rings (SSSR count). The molecule has 3 aromatic rings. The van der Waals surface area contributed by atoms with E-state index in [1.165, 1.54) is 0 Å². The summed E-state index contributed by atoms with van der Waals surface area (Å²) in [5.41, 5.74) is 2.46. The largest absolute Gasteiger partial charge is 0.328 e. The molecule has 2 aromatic heterocycles. The summed E-state index contributed by atoms with van der Waals surface area (Å²) in [5.74, 6) is 0.816. The van der Waals surface area contributed by atoms with Crippen molar-refractivity contribution >= 4 is 11.6 Å². The van der Waals surface area contributed by atoms with E-state index >= 15 is 0 Å². The topological polar surface area (TPSA) is 59.8 Å². The Hall–Kier alpha value is -2.95. The molecule has 0 saturated heterocycles. The molecule has 1 aromatic carbocycles. The van der Waals surface area contributed by atoms with E-state index in [1.807, 2.05) is 37.4 Å². The average molecular weight is 306 g/mol. The Morgan fingerprint density at radius 2 is 1.96 bits per heavy atom. The van der Waals surface area contributed by atoms with Crippen molar-refractivity contribution in [3.05, 3.63) is 78.1 Å². The second-order valence-electron chi connectivity index (χ2n) is 5.38. The van der Waals surface area contributed by atoms with Gasteiger partial charge in [0.2, 0.25) is 0 Å². The van der Waals surface area contributed by atoms with Crippen LogP contribution in [0.2, 0.25) is 0 Å². The number of aryl methyl sites for hydroxylation is 1. The van der Waals surface area contributed by atoms with Crippen LogP contribution in [0.3, 0.4) is 0 Å². The van der Waals surface area contributed by atoms with Gasteiger partial charge in [-0.15, -0.1) is 0 Å². The van der Waals surface area contributed by atoms with Crippen molar-refractivity contribution in [2.24, 2.45) is 0 Å². The van der Waals surface area contributed by atoms with Crippen molar-refractivity contribution in [1.29, 1.82) is 0 Å². The molecule has 1 N–H and O–H groups in total. The van der Waals surface area contributed by atoms with Gasteiger partial charge in [-0.25, -0.2) is 4.98 Å². The quantitative estimate of drug-likeness (QED) is 0.803. The summed E-state index contributed by atoms with van der Waals surface area (Å²) >= 11 is 0. The summed E-state index contributed by atoms with van der Waals surface area (Å²) in [5, 5.41) is 2.87. The second-order valence-corrected chi connectivity index (χ2v) is 5.38. The van der Waals surface area contributed by atoms with Gasteiger partial charge < -0.3 is 9.88 Å². The highest BCUT2D eigenvalue weighted by atomic mass is 16.1. The predicted molar refractivity (Wildman–Crippen MR) is 89.4 cm³/mol. The number of nitrogens with one attached hydrogen (secondary N) is 1. The van der Waals surface area contributed by atoms with Crippen molar-refractivity contribution in [2.45, 2.75) is 19.9 Å². The second kappa shape index (κ2) is 6.44. The van der Waals surface area contributed by atoms with Crippen LogP contribution in [0.15, 0.2) is 61.2 Å². The number of imidazole rings is 1. The monoisotopic (exact) mass is 306 g/mol. The number of hydrogen-bond donors (Lipinski definition) is 1. The summed E-state index contributed by atoms with van der Waals surface area (Å²) in [7, 11) is 0. The lowest BCUT2D eigenvalue weighted by molar-refractivity contribution is 0.102. The first-order valence-electron chi connectivity index (χ1n) is 7.46. The van der Waals surface area contributed by atoms with Gasteiger partial charge in [0.05, 0.1) is 11.6 Å². The number of rotatable bonds is 4. The number of anilines is 1. The molecule has 0 unspecified atom stereocenters. The highest BCUT2D eigenvalue weighted by Crippen LogP contribution is 2.21. The van der Waals surface area contributed by atoms with Gasteiger partial charge in [0, 0.05) is 30.5 Å². The van der Waals surface area contributed by atoms with Gasteiger partial charge in [-0.3, -0.25) is 9.78 Å². The zero-order valence-corrected chi connectivity index (χ0v) is 13.1. The fourth-order valence-corrected chi connectivity index (χ4v) is 2.50. The van der Waals surface area contributed by atoms with Gasteiger partial charge in [0.25, 0.3) is 5.91 Å². The molecule has 1 amide bonds. The van der Waals surface area contributed by atoms with Crippen LogP contribution in [0.25, 0.3) is 0 Å². The summed E-state index contributed by atoms with van der Waals surface area (Å²) in [6.45, 7) is 4.11. The Morgan fingerprint density at radius 1 is 1.17 bits per heavy atom. The van der Waals surface area contributed by atoms with E-state index in [4.69, 9.17) is 0 Å². The third-order valence-electron chi connectivity index (χ3n) is 3.85. The molecular weight excluding hydrogens is 288 g/mol. The zero-order chi connectivity index (χ0) is 16.2. The van der Waals surface area contributed by atoms with Crippen molar-refractivity contribution in [1.82, 2.24) is 14.5 Å². The number of carbonyl (C=O) groups is 1. The number of benzene rings is 1. The van der Waals surface area contributed by atoms with Crippen LogP contribution in [0, 0.1) is 6.92 Å². The zero-order valence-electron chi connectivity index (χ0n) is 13.1. The number of carbonyl (C=O) groups excluding carboxylic acids is 1. The van der Waals surface area contributed by atoms with Crippen molar-refractivity contribution in [3.8, 4) is 0 Å². The lowest BCUT2D eigenvalue weighted by atomic mass is 10.1. The molecule has 23 heavy (non-hydrogen) atoms. The molecule has 0 spiro atoms. The average Bonchev–Trinajstić information content (AvgIpc) is 3.02. The van der Waals surface area contributed by atoms with E-state index in [0.717, 1.165) is 17.1 Å². The Labute approximate surface area is 135 Å². The van der Waals surface area contributed by atoms with E-state index in [1.54, 1.807) is 30.7 Å². The number of pyridine rings is 1. The summed E-state index contributed by atoms with van der Waals surface area (Å²) in [6, 6.07) is 11.5. The number of hydrogen-bond acceptors (Lipinski definition) is 3. The Balaban J connectivity index is 1.72. The first kappa shape index (κ1) is 15.0. The minimum absolute atomic E-state index is 0.163. The molecule has 1 atom stereocenters. The summed E-state index contributed by atoms with van der Waals surface area (Å²) < 4.78 is 2.11. The van der Waals surface area contributed by atoms with Crippen molar-refractivity contribution in [3.63, 3.8) is 0 Å². The number of aromatic nitrogens is 3. The minimum atomic E-state index is -0.163. The first-order valence-corrected chi connectivity index (χ1v) is 7.46. The molecule has 5 heteroatoms. The van der Waals surface area contributed by atoms with E-state index < -0.39 is 0 Å². The van der Waals surface area contributed by atoms with E-state index in [2.05, 4.69) is 26.8 Å². The maximum atomic E-state index is 12.1. The first-order chi connectivity index (χ1) is 11.1. The molecule has 0 radical (unpaired) electrons. The van der Waals surface area contributed by atoms with Crippen molar-refractivity contribution in [2.75, 3.05) is 5.32 Å². The standard InChI is InChI=1S/C18H18N4O/c1-13(22-11-10-20-14(22)2)15-5-7-17(8-6-15)21-18(23)16-4-3-9-19-12-16/h3-13H,1-2H3,(H,21,23)/t13-/m0/s1. The molecular formula is C18H18N4O. The van der Waals surface area contributed by atoms with Gasteiger partial charge in [0.15, 0.2) is 0 Å². The van der Waals surface area contributed by atoms with Crippen LogP contribution < -0.4 is 5.32 Å². The van der Waals surface area contributed by atoms with Crippen LogP contribution in [0.1, 0.15) is 34.7 Å². The van der Waals surface area contributed by atoms with Gasteiger partial charge in [0.1, 0.15) is 5.82 Å². The molecule has 0 aliphatic rings. The molecule has 0 saturated carbocycles. The fourth-order valence-electron chi connectivity index (χ4n) is 2.50. The van der Waals surface area contributed by atoms with Crippen LogP contribution in [0.4, 0.5) is 5.69 Å². The maximum absolute atomic E-state index is 12.1. The molecule has 0 aliphatic heterocycles. The van der Waals surface area contributed by atoms with E-state index in [9.17, 15) is 4.79 Å². The Morgan fingerprint density at radius 3 is 2.57 bits per heavy atom. The normalized spacial score (nSPS) is 11.9. The van der Waals surface area contributed by atoms with Crippen LogP contribution in [-0.4, -0.2) is 20.4 Å². The molecule has 0 bridgehead atoms. The van der Waals surface area contributed by atoms with Gasteiger partial charge in [-0.05, 0) is 43.7 Å². The molecule has 2 heterocycles. The van der Waals surface area contributed by atoms with Crippen molar-refractivity contribution < 1.29 is 4.79 Å². The highest BCUT2D eigenvalue weighted by Gasteiger charge is 2.10. The van der Waals surface area contributed by atoms with E-state index in [0.29, 0.717) is 5.56 Å². The van der Waals surface area contributed by atoms with Gasteiger partial charge in [-0.2, -0.15) is 0 Å². The van der Waals surface area contributed by atoms with Gasteiger partial charge >= 0.3 is 0 Å². The SMILES string of the molecule is Cc1nccn1[C@@H](C)c1ccc(NC(=O)c2cccnc2)cc1. The molecule has 0 aliphatic carbocycles. The van der Waals surface area contributed by atoms with E-state index in [-0.39, 0.29) is 11.9 Å². The highest BCUT2D eigenvalue weighted by molar-refractivity contribution is 6.03. The minimum Gasteiger partial charge on any atom is -0.328 e. The molecule has 116 valence electrons. The number of nitrogens with zero attached hydrogens (tertiary/aromatic N) is 3. The Kier molecular flexibility index (Phi) is 4.19. The maximum Gasteiger partial charge on any atom is 0.257 e. The molecule has 5 nitrogen and oxygen atoms in total. The Bertz CT molecular complexity index is 793. The smallest absolute Gasteiger partial charge is 0.257 e. The van der Waals surface area contributed by atoms with Crippen LogP contribution >= 0.6 is 0 Å². The lowest BCUT2D eigenvalue weighted by Crippen LogP contribution is -2.12. The van der Waals surface area contributed by atoms with Crippen LogP contribution in [0.5, 0.6) is 0 Å². The lowest BCUT2D eigenvalue weighted by Gasteiger charge is -2.16. The number of amides is 1. The third-order valence-corrected chi connectivity index (χ3v) is 3.85. The molecule has 0 fully saturated rings. The summed E-state index contributed by atoms with van der Waals surface area (Å²) in [4.78, 5) is 20.3. The predicted octanol–water partition coefficient (Wildman–Crippen LogP) is 3.45. The fraction of sp³-hybridized carbons (Fsp3) is 0.167. The third kappa shape index (κ3) is 3.29. The van der Waals surface area contributed by atoms with Crippen LogP contribution in [-0.2, 0) is 0 Å². The van der Waals surface area contributed by atoms with Gasteiger partial charge in [-0.1, -0.05) is 12.1 Å². The summed E-state index contributed by atoms with van der Waals surface area (Å²) in [6.07, 6.45) is 6.96.